The molecule has 1 aromatic carbocycles. The number of rotatable bonds is 3. The van der Waals surface area contributed by atoms with Crippen molar-refractivity contribution < 1.29 is 13.2 Å². The summed E-state index contributed by atoms with van der Waals surface area (Å²) in [5.41, 5.74) is -0.0942. The van der Waals surface area contributed by atoms with Gasteiger partial charge in [0.2, 0.25) is 0 Å². The van der Waals surface area contributed by atoms with Crippen LogP contribution in [-0.4, -0.2) is 11.5 Å². The molecule has 2 rings (SSSR count). The fourth-order valence-electron chi connectivity index (χ4n) is 1.73. The van der Waals surface area contributed by atoms with Crippen LogP contribution in [-0.2, 0) is 6.18 Å². The molecule has 0 saturated carbocycles. The Morgan fingerprint density at radius 3 is 2.48 bits per heavy atom. The number of benzene rings is 1. The van der Waals surface area contributed by atoms with Crippen molar-refractivity contribution in [3.8, 4) is 0 Å². The minimum Gasteiger partial charge on any atom is -0.361 e. The van der Waals surface area contributed by atoms with E-state index in [9.17, 15) is 13.2 Å². The molecule has 0 aliphatic heterocycles. The molecule has 2 aromatic rings. The standard InChI is InChI=1S/C15H19F3N2S/c1-9(14(2,3)4)8-19-13-20-11-7-10(15(16,17)18)5-6-12(11)21-13/h5-7,9H,8H2,1-4H3,(H,19,20). The van der Waals surface area contributed by atoms with Crippen LogP contribution in [0.2, 0.25) is 0 Å². The Kier molecular flexibility index (Phi) is 4.19. The predicted molar refractivity (Wildman–Crippen MR) is 81.7 cm³/mol. The van der Waals surface area contributed by atoms with Crippen LogP contribution in [0.5, 0.6) is 0 Å². The molecule has 0 fully saturated rings. The highest BCUT2D eigenvalue weighted by atomic mass is 32.1. The minimum atomic E-state index is -4.33. The first-order valence-electron chi connectivity index (χ1n) is 6.79. The van der Waals surface area contributed by atoms with E-state index in [1.54, 1.807) is 0 Å². The number of hydrogen-bond donors (Lipinski definition) is 1. The van der Waals surface area contributed by atoms with Crippen molar-refractivity contribution >= 4 is 26.7 Å². The van der Waals surface area contributed by atoms with Crippen LogP contribution in [0.1, 0.15) is 33.3 Å². The van der Waals surface area contributed by atoms with E-state index in [1.165, 1.54) is 17.4 Å². The summed E-state index contributed by atoms with van der Waals surface area (Å²) in [6.45, 7) is 9.37. The van der Waals surface area contributed by atoms with Crippen molar-refractivity contribution in [2.45, 2.75) is 33.9 Å². The van der Waals surface area contributed by atoms with Gasteiger partial charge in [-0.3, -0.25) is 0 Å². The minimum absolute atomic E-state index is 0.174. The Hall–Kier alpha value is -1.30. The summed E-state index contributed by atoms with van der Waals surface area (Å²) >= 11 is 1.38. The molecule has 6 heteroatoms. The number of nitrogens with zero attached hydrogens (tertiary/aromatic N) is 1. The van der Waals surface area contributed by atoms with Gasteiger partial charge in [-0.25, -0.2) is 4.98 Å². The summed E-state index contributed by atoms with van der Waals surface area (Å²) < 4.78 is 38.8. The molecular formula is C15H19F3N2S. The van der Waals surface area contributed by atoms with Gasteiger partial charge < -0.3 is 5.32 Å². The maximum Gasteiger partial charge on any atom is 0.416 e. The number of nitrogens with one attached hydrogen (secondary N) is 1. The third-order valence-electron chi connectivity index (χ3n) is 3.75. The molecule has 0 radical (unpaired) electrons. The molecule has 1 aromatic heterocycles. The first kappa shape index (κ1) is 16.1. The Bertz CT molecular complexity index is 626. The van der Waals surface area contributed by atoms with Crippen LogP contribution in [0.3, 0.4) is 0 Å². The van der Waals surface area contributed by atoms with Crippen LogP contribution < -0.4 is 5.32 Å². The third-order valence-corrected chi connectivity index (χ3v) is 4.75. The van der Waals surface area contributed by atoms with Crippen LogP contribution in [0.15, 0.2) is 18.2 Å². The lowest BCUT2D eigenvalue weighted by Gasteiger charge is -2.27. The summed E-state index contributed by atoms with van der Waals surface area (Å²) in [4.78, 5) is 4.25. The molecule has 116 valence electrons. The third kappa shape index (κ3) is 3.87. The monoisotopic (exact) mass is 316 g/mol. The first-order chi connectivity index (χ1) is 9.57. The molecule has 0 aliphatic rings. The number of aromatic nitrogens is 1. The number of thiazole rings is 1. The number of alkyl halides is 3. The van der Waals surface area contributed by atoms with Crippen molar-refractivity contribution in [3.63, 3.8) is 0 Å². The van der Waals surface area contributed by atoms with Gasteiger partial charge in [0.1, 0.15) is 0 Å². The lowest BCUT2D eigenvalue weighted by molar-refractivity contribution is -0.137. The number of anilines is 1. The van der Waals surface area contributed by atoms with Gasteiger partial charge in [0, 0.05) is 6.54 Å². The SMILES string of the molecule is CC(CNc1nc2cc(C(F)(F)F)ccc2s1)C(C)(C)C. The number of hydrogen-bond acceptors (Lipinski definition) is 3. The van der Waals surface area contributed by atoms with Crippen LogP contribution in [0.4, 0.5) is 18.3 Å². The van der Waals surface area contributed by atoms with E-state index in [1.807, 2.05) is 0 Å². The van der Waals surface area contributed by atoms with Crippen molar-refractivity contribution in [3.05, 3.63) is 23.8 Å². The Labute approximate surface area is 126 Å². The average molecular weight is 316 g/mol. The van der Waals surface area contributed by atoms with Gasteiger partial charge in [0.25, 0.3) is 0 Å². The molecule has 1 atom stereocenters. The maximum absolute atomic E-state index is 12.7. The van der Waals surface area contributed by atoms with E-state index in [2.05, 4.69) is 38.0 Å². The molecule has 0 aliphatic carbocycles. The zero-order chi connectivity index (χ0) is 15.8. The summed E-state index contributed by atoms with van der Waals surface area (Å²) in [5, 5.41) is 3.89. The second kappa shape index (κ2) is 5.48. The Morgan fingerprint density at radius 1 is 1.24 bits per heavy atom. The second-order valence-corrected chi connectivity index (χ2v) is 7.38. The molecular weight excluding hydrogens is 297 g/mol. The molecule has 1 heterocycles. The summed E-state index contributed by atoms with van der Waals surface area (Å²) in [5.74, 6) is 0.426. The highest BCUT2D eigenvalue weighted by Gasteiger charge is 2.30. The normalized spacial score (nSPS) is 14.4. The van der Waals surface area contributed by atoms with E-state index in [0.717, 1.165) is 23.4 Å². The van der Waals surface area contributed by atoms with E-state index in [-0.39, 0.29) is 5.41 Å². The molecule has 0 amide bonds. The van der Waals surface area contributed by atoms with Gasteiger partial charge in [-0.05, 0) is 29.5 Å². The Balaban J connectivity index is 2.16. The second-order valence-electron chi connectivity index (χ2n) is 6.35. The Morgan fingerprint density at radius 2 is 1.90 bits per heavy atom. The van der Waals surface area contributed by atoms with Crippen LogP contribution in [0, 0.1) is 11.3 Å². The van der Waals surface area contributed by atoms with Gasteiger partial charge in [0.15, 0.2) is 5.13 Å². The lowest BCUT2D eigenvalue weighted by Crippen LogP contribution is -2.24. The predicted octanol–water partition coefficient (Wildman–Crippen LogP) is 5.41. The van der Waals surface area contributed by atoms with E-state index in [0.29, 0.717) is 16.6 Å². The quantitative estimate of drug-likeness (QED) is 0.819. The van der Waals surface area contributed by atoms with Gasteiger partial charge >= 0.3 is 6.18 Å². The number of halogens is 3. The molecule has 2 nitrogen and oxygen atoms in total. The fraction of sp³-hybridized carbons (Fsp3) is 0.533. The largest absolute Gasteiger partial charge is 0.416 e. The van der Waals surface area contributed by atoms with E-state index >= 15 is 0 Å². The van der Waals surface area contributed by atoms with Gasteiger partial charge in [-0.1, -0.05) is 39.0 Å². The summed E-state index contributed by atoms with van der Waals surface area (Å²) in [6.07, 6.45) is -4.33. The fourth-order valence-corrected chi connectivity index (χ4v) is 2.58. The molecule has 0 spiro atoms. The molecule has 0 bridgehead atoms. The topological polar surface area (TPSA) is 24.9 Å². The van der Waals surface area contributed by atoms with Crippen molar-refractivity contribution in [2.24, 2.45) is 11.3 Å². The first-order valence-corrected chi connectivity index (χ1v) is 7.60. The molecule has 1 N–H and O–H groups in total. The smallest absolute Gasteiger partial charge is 0.361 e. The zero-order valence-electron chi connectivity index (χ0n) is 12.5. The average Bonchev–Trinajstić information content (AvgIpc) is 2.75. The maximum atomic E-state index is 12.7. The van der Waals surface area contributed by atoms with Crippen molar-refractivity contribution in [2.75, 3.05) is 11.9 Å². The highest BCUT2D eigenvalue weighted by Crippen LogP contribution is 2.34. The summed E-state index contributed by atoms with van der Waals surface area (Å²) in [6, 6.07) is 3.68. The van der Waals surface area contributed by atoms with Crippen LogP contribution in [0.25, 0.3) is 10.2 Å². The van der Waals surface area contributed by atoms with E-state index in [4.69, 9.17) is 0 Å². The van der Waals surface area contributed by atoms with Crippen LogP contribution >= 0.6 is 11.3 Å². The van der Waals surface area contributed by atoms with Gasteiger partial charge in [0.05, 0.1) is 15.8 Å². The zero-order valence-corrected chi connectivity index (χ0v) is 13.3. The van der Waals surface area contributed by atoms with Gasteiger partial charge in [-0.15, -0.1) is 0 Å². The number of fused-ring (bicyclic) bond motifs is 1. The molecule has 0 saturated heterocycles. The molecule has 1 unspecified atom stereocenters. The lowest BCUT2D eigenvalue weighted by atomic mass is 9.82. The van der Waals surface area contributed by atoms with E-state index < -0.39 is 11.7 Å². The highest BCUT2D eigenvalue weighted by molar-refractivity contribution is 7.22. The van der Waals surface area contributed by atoms with Crippen molar-refractivity contribution in [1.29, 1.82) is 0 Å². The van der Waals surface area contributed by atoms with Crippen molar-refractivity contribution in [1.82, 2.24) is 4.98 Å². The molecule has 21 heavy (non-hydrogen) atoms. The van der Waals surface area contributed by atoms with Gasteiger partial charge in [-0.2, -0.15) is 13.2 Å². The summed E-state index contributed by atoms with van der Waals surface area (Å²) in [7, 11) is 0.